The van der Waals surface area contributed by atoms with Crippen molar-refractivity contribution in [3.63, 3.8) is 0 Å². The first-order valence-corrected chi connectivity index (χ1v) is 6.16. The van der Waals surface area contributed by atoms with Crippen molar-refractivity contribution in [3.8, 4) is 0 Å². The highest BCUT2D eigenvalue weighted by Gasteiger charge is 2.22. The van der Waals surface area contributed by atoms with Crippen LogP contribution in [0.5, 0.6) is 0 Å². The maximum atomic E-state index is 11.4. The van der Waals surface area contributed by atoms with Gasteiger partial charge in [0.15, 0.2) is 0 Å². The maximum absolute atomic E-state index is 11.4. The average molecular weight is 269 g/mol. The van der Waals surface area contributed by atoms with Crippen LogP contribution in [0.15, 0.2) is 12.5 Å². The Morgan fingerprint density at radius 2 is 2.32 bits per heavy atom. The van der Waals surface area contributed by atoms with Gasteiger partial charge in [-0.25, -0.2) is 14.6 Å². The summed E-state index contributed by atoms with van der Waals surface area (Å²) in [7, 11) is 1.79. The summed E-state index contributed by atoms with van der Waals surface area (Å²) in [5.74, 6) is -1.11. The van der Waals surface area contributed by atoms with Crippen LogP contribution in [0.2, 0.25) is 0 Å². The summed E-state index contributed by atoms with van der Waals surface area (Å²) >= 11 is 0. The highest BCUT2D eigenvalue weighted by atomic mass is 16.5. The van der Waals surface area contributed by atoms with Crippen LogP contribution in [0.4, 0.5) is 4.79 Å². The number of imidazole rings is 1. The summed E-state index contributed by atoms with van der Waals surface area (Å²) in [5.41, 5.74) is 0.601. The number of aliphatic carboxylic acids is 1. The summed E-state index contributed by atoms with van der Waals surface area (Å²) in [5, 5.41) is 11.4. The van der Waals surface area contributed by atoms with Gasteiger partial charge >= 0.3 is 12.1 Å². The van der Waals surface area contributed by atoms with Gasteiger partial charge in [0.2, 0.25) is 0 Å². The van der Waals surface area contributed by atoms with Gasteiger partial charge in [-0.3, -0.25) is 0 Å². The second kappa shape index (κ2) is 7.40. The lowest BCUT2D eigenvalue weighted by molar-refractivity contribution is -0.139. The van der Waals surface area contributed by atoms with E-state index < -0.39 is 18.1 Å². The molecule has 106 valence electrons. The first kappa shape index (κ1) is 15.0. The van der Waals surface area contributed by atoms with Crippen LogP contribution in [0.1, 0.15) is 25.5 Å². The molecule has 0 saturated carbocycles. The van der Waals surface area contributed by atoms with Crippen LogP contribution in [0.3, 0.4) is 0 Å². The van der Waals surface area contributed by atoms with Crippen LogP contribution in [0, 0.1) is 0 Å². The topological polar surface area (TPSA) is 93.5 Å². The molecule has 0 aliphatic carbocycles. The number of carbonyl (C=O) groups is 2. The van der Waals surface area contributed by atoms with Crippen LogP contribution in [-0.4, -0.2) is 39.4 Å². The van der Waals surface area contributed by atoms with Crippen molar-refractivity contribution in [2.45, 2.75) is 32.2 Å². The van der Waals surface area contributed by atoms with E-state index in [-0.39, 0.29) is 13.0 Å². The second-order valence-electron chi connectivity index (χ2n) is 4.26. The molecule has 1 aromatic rings. The van der Waals surface area contributed by atoms with Crippen molar-refractivity contribution in [2.75, 3.05) is 6.61 Å². The largest absolute Gasteiger partial charge is 0.480 e. The van der Waals surface area contributed by atoms with E-state index in [4.69, 9.17) is 9.84 Å². The first-order chi connectivity index (χ1) is 9.02. The molecule has 0 saturated heterocycles. The molecular weight excluding hydrogens is 250 g/mol. The molecule has 0 radical (unpaired) electrons. The molecule has 0 aliphatic heterocycles. The van der Waals surface area contributed by atoms with Crippen molar-refractivity contribution < 1.29 is 19.4 Å². The number of carbonyl (C=O) groups excluding carboxylic acids is 1. The van der Waals surface area contributed by atoms with E-state index in [9.17, 15) is 9.59 Å². The van der Waals surface area contributed by atoms with Crippen molar-refractivity contribution in [1.29, 1.82) is 0 Å². The van der Waals surface area contributed by atoms with Gasteiger partial charge in [0, 0.05) is 19.7 Å². The number of amides is 1. The summed E-state index contributed by atoms with van der Waals surface area (Å²) in [6.45, 7) is 2.26. The average Bonchev–Trinajstić information content (AvgIpc) is 2.74. The Kier molecular flexibility index (Phi) is 5.84. The fraction of sp³-hybridized carbons (Fsp3) is 0.583. The van der Waals surface area contributed by atoms with Gasteiger partial charge in [0.1, 0.15) is 6.04 Å². The molecule has 1 heterocycles. The molecule has 1 aromatic heterocycles. The number of alkyl carbamates (subject to hydrolysis) is 1. The SMILES string of the molecule is CCCCOC(=O)NC(Cc1cn(C)cn1)C(=O)O. The number of hydrogen-bond acceptors (Lipinski definition) is 4. The molecular formula is C12H19N3O4. The van der Waals surface area contributed by atoms with Gasteiger partial charge in [0.05, 0.1) is 18.6 Å². The van der Waals surface area contributed by atoms with Crippen molar-refractivity contribution >= 4 is 12.1 Å². The van der Waals surface area contributed by atoms with Gasteiger partial charge in [0.25, 0.3) is 0 Å². The summed E-state index contributed by atoms with van der Waals surface area (Å²) < 4.78 is 6.58. The number of hydrogen-bond donors (Lipinski definition) is 2. The number of rotatable bonds is 7. The molecule has 0 aromatic carbocycles. The fourth-order valence-electron chi connectivity index (χ4n) is 1.47. The number of carboxylic acids is 1. The summed E-state index contributed by atoms with van der Waals surface area (Å²) in [6, 6.07) is -1.04. The Morgan fingerprint density at radius 3 is 2.84 bits per heavy atom. The zero-order valence-electron chi connectivity index (χ0n) is 11.1. The number of carboxylic acid groups (broad SMARTS) is 1. The van der Waals surface area contributed by atoms with E-state index >= 15 is 0 Å². The highest BCUT2D eigenvalue weighted by molar-refractivity contribution is 5.80. The number of aryl methyl sites for hydroxylation is 1. The summed E-state index contributed by atoms with van der Waals surface area (Å²) in [4.78, 5) is 26.5. The number of nitrogens with zero attached hydrogens (tertiary/aromatic N) is 2. The third-order valence-corrected chi connectivity index (χ3v) is 2.49. The van der Waals surface area contributed by atoms with Crippen LogP contribution < -0.4 is 5.32 Å². The molecule has 0 spiro atoms. The normalized spacial score (nSPS) is 11.9. The molecule has 2 N–H and O–H groups in total. The number of aromatic nitrogens is 2. The molecule has 0 fully saturated rings. The Morgan fingerprint density at radius 1 is 1.58 bits per heavy atom. The predicted molar refractivity (Wildman–Crippen MR) is 67.7 cm³/mol. The Bertz CT molecular complexity index is 430. The number of nitrogens with one attached hydrogen (secondary N) is 1. The third-order valence-electron chi connectivity index (χ3n) is 2.49. The van der Waals surface area contributed by atoms with Gasteiger partial charge in [-0.05, 0) is 6.42 Å². The zero-order chi connectivity index (χ0) is 14.3. The van der Waals surface area contributed by atoms with E-state index in [1.165, 1.54) is 0 Å². The molecule has 7 heteroatoms. The van der Waals surface area contributed by atoms with E-state index in [0.29, 0.717) is 5.69 Å². The predicted octanol–water partition coefficient (Wildman–Crippen LogP) is 0.942. The van der Waals surface area contributed by atoms with Crippen molar-refractivity contribution in [2.24, 2.45) is 7.05 Å². The Balaban J connectivity index is 2.49. The minimum atomic E-state index is -1.11. The molecule has 19 heavy (non-hydrogen) atoms. The molecule has 1 rings (SSSR count). The second-order valence-corrected chi connectivity index (χ2v) is 4.26. The molecule has 1 atom stereocenters. The standard InChI is InChI=1S/C12H19N3O4/c1-3-4-5-19-12(18)14-10(11(16)17)6-9-7-15(2)8-13-9/h7-8,10H,3-6H2,1-2H3,(H,14,18)(H,16,17). The van der Waals surface area contributed by atoms with Crippen LogP contribution in [-0.2, 0) is 23.0 Å². The number of ether oxygens (including phenoxy) is 1. The van der Waals surface area contributed by atoms with Crippen molar-refractivity contribution in [1.82, 2.24) is 14.9 Å². The zero-order valence-corrected chi connectivity index (χ0v) is 11.1. The lowest BCUT2D eigenvalue weighted by Gasteiger charge is -2.13. The fourth-order valence-corrected chi connectivity index (χ4v) is 1.47. The minimum Gasteiger partial charge on any atom is -0.480 e. The van der Waals surface area contributed by atoms with E-state index in [2.05, 4.69) is 10.3 Å². The molecule has 0 bridgehead atoms. The lowest BCUT2D eigenvalue weighted by Crippen LogP contribution is -2.42. The molecule has 1 amide bonds. The van der Waals surface area contributed by atoms with Gasteiger partial charge < -0.3 is 19.7 Å². The van der Waals surface area contributed by atoms with Crippen molar-refractivity contribution in [3.05, 3.63) is 18.2 Å². The smallest absolute Gasteiger partial charge is 0.407 e. The quantitative estimate of drug-likeness (QED) is 0.718. The third kappa shape index (κ3) is 5.41. The van der Waals surface area contributed by atoms with Gasteiger partial charge in [-0.2, -0.15) is 0 Å². The first-order valence-electron chi connectivity index (χ1n) is 6.16. The van der Waals surface area contributed by atoms with Crippen LogP contribution >= 0.6 is 0 Å². The maximum Gasteiger partial charge on any atom is 0.407 e. The highest BCUT2D eigenvalue weighted by Crippen LogP contribution is 2.01. The summed E-state index contributed by atoms with van der Waals surface area (Å²) in [6.07, 6.45) is 4.36. The monoisotopic (exact) mass is 269 g/mol. The van der Waals surface area contributed by atoms with Gasteiger partial charge in [-0.1, -0.05) is 13.3 Å². The minimum absolute atomic E-state index is 0.124. The Labute approximate surface area is 111 Å². The van der Waals surface area contributed by atoms with E-state index in [1.54, 1.807) is 24.1 Å². The molecule has 1 unspecified atom stereocenters. The van der Waals surface area contributed by atoms with Gasteiger partial charge in [-0.15, -0.1) is 0 Å². The van der Waals surface area contributed by atoms with Crippen LogP contribution in [0.25, 0.3) is 0 Å². The molecule has 7 nitrogen and oxygen atoms in total. The molecule has 0 aliphatic rings. The van der Waals surface area contributed by atoms with E-state index in [1.807, 2.05) is 6.92 Å². The lowest BCUT2D eigenvalue weighted by atomic mass is 10.2. The van der Waals surface area contributed by atoms with E-state index in [0.717, 1.165) is 12.8 Å². The number of unbranched alkanes of at least 4 members (excludes halogenated alkanes) is 1. The Hall–Kier alpha value is -2.05.